The van der Waals surface area contributed by atoms with Crippen LogP contribution in [0.2, 0.25) is 0 Å². The van der Waals surface area contributed by atoms with Gasteiger partial charge >= 0.3 is 5.69 Å². The number of pyridine rings is 1. The summed E-state index contributed by atoms with van der Waals surface area (Å²) in [7, 11) is 0. The van der Waals surface area contributed by atoms with Gasteiger partial charge in [-0.3, -0.25) is 9.20 Å². The molecule has 0 aliphatic heterocycles. The molecule has 0 bridgehead atoms. The minimum absolute atomic E-state index is 0.132. The van der Waals surface area contributed by atoms with Crippen LogP contribution in [0.15, 0.2) is 59.7 Å². The molecule has 4 rings (SSSR count). The molecule has 0 atom stereocenters. The van der Waals surface area contributed by atoms with Crippen LogP contribution in [-0.4, -0.2) is 24.7 Å². The summed E-state index contributed by atoms with van der Waals surface area (Å²) >= 11 is 0. The Morgan fingerprint density at radius 2 is 2.04 bits per heavy atom. The van der Waals surface area contributed by atoms with Crippen LogP contribution in [0.1, 0.15) is 6.92 Å². The highest BCUT2D eigenvalue weighted by Crippen LogP contribution is 2.20. The maximum absolute atomic E-state index is 12.3. The van der Waals surface area contributed by atoms with Crippen molar-refractivity contribution in [2.24, 2.45) is 0 Å². The first-order valence-electron chi connectivity index (χ1n) is 8.08. The predicted molar refractivity (Wildman–Crippen MR) is 95.7 cm³/mol. The fourth-order valence-electron chi connectivity index (χ4n) is 2.95. The summed E-state index contributed by atoms with van der Waals surface area (Å²) in [5, 5.41) is 8.12. The third-order valence-corrected chi connectivity index (χ3v) is 4.18. The van der Waals surface area contributed by atoms with Gasteiger partial charge in [0.25, 0.3) is 0 Å². The van der Waals surface area contributed by atoms with E-state index >= 15 is 0 Å². The van der Waals surface area contributed by atoms with E-state index < -0.39 is 0 Å². The van der Waals surface area contributed by atoms with E-state index in [0.717, 1.165) is 22.1 Å². The molecule has 0 spiro atoms. The van der Waals surface area contributed by atoms with E-state index in [0.29, 0.717) is 11.3 Å². The van der Waals surface area contributed by atoms with E-state index in [1.54, 1.807) is 24.4 Å². The van der Waals surface area contributed by atoms with Crippen molar-refractivity contribution in [2.75, 3.05) is 5.32 Å². The molecule has 126 valence electrons. The lowest BCUT2D eigenvalue weighted by Crippen LogP contribution is -2.28. The van der Waals surface area contributed by atoms with Crippen molar-refractivity contribution in [3.63, 3.8) is 0 Å². The second kappa shape index (κ2) is 5.94. The Labute approximate surface area is 143 Å². The number of aryl methyl sites for hydroxylation is 1. The number of aromatic nitrogens is 4. The molecule has 7 heteroatoms. The fraction of sp³-hybridized carbons (Fsp3) is 0.167. The van der Waals surface area contributed by atoms with Crippen LogP contribution in [0.3, 0.4) is 0 Å². The van der Waals surface area contributed by atoms with E-state index in [4.69, 9.17) is 0 Å². The zero-order chi connectivity index (χ0) is 17.4. The lowest BCUT2D eigenvalue weighted by molar-refractivity contribution is -0.117. The minimum atomic E-state index is -0.332. The number of anilines is 1. The Hall–Kier alpha value is -3.35. The van der Waals surface area contributed by atoms with Gasteiger partial charge in [-0.1, -0.05) is 12.1 Å². The van der Waals surface area contributed by atoms with Crippen LogP contribution in [0.25, 0.3) is 16.6 Å². The Morgan fingerprint density at radius 3 is 2.84 bits per heavy atom. The molecule has 1 aromatic carbocycles. The Morgan fingerprint density at radius 1 is 1.16 bits per heavy atom. The molecule has 1 N–H and O–H groups in total. The number of benzene rings is 1. The second-order valence-electron chi connectivity index (χ2n) is 5.79. The van der Waals surface area contributed by atoms with Crippen molar-refractivity contribution >= 4 is 28.1 Å². The van der Waals surface area contributed by atoms with Crippen molar-refractivity contribution in [1.29, 1.82) is 0 Å². The Balaban J connectivity index is 1.57. The van der Waals surface area contributed by atoms with Crippen molar-refractivity contribution in [1.82, 2.24) is 18.7 Å². The van der Waals surface area contributed by atoms with E-state index in [-0.39, 0.29) is 18.1 Å². The van der Waals surface area contributed by atoms with Crippen molar-refractivity contribution in [2.45, 2.75) is 20.0 Å². The van der Waals surface area contributed by atoms with Gasteiger partial charge in [0.15, 0.2) is 5.65 Å². The molecule has 0 aliphatic rings. The van der Waals surface area contributed by atoms with Gasteiger partial charge in [0, 0.05) is 24.6 Å². The fourth-order valence-corrected chi connectivity index (χ4v) is 2.95. The zero-order valence-corrected chi connectivity index (χ0v) is 13.7. The standard InChI is InChI=1S/C18H17N5O2/c1-2-21-10-8-13-6-7-14(11-15(13)21)19-17(24)12-23-18(25)22-9-4-3-5-16(22)20-23/h3-11H,2,12H2,1H3,(H,19,24). The van der Waals surface area contributed by atoms with Crippen molar-refractivity contribution in [3.8, 4) is 0 Å². The van der Waals surface area contributed by atoms with Crippen LogP contribution in [-0.2, 0) is 17.9 Å². The molecule has 0 saturated carbocycles. The minimum Gasteiger partial charge on any atom is -0.348 e. The van der Waals surface area contributed by atoms with Gasteiger partial charge in [0.2, 0.25) is 5.91 Å². The van der Waals surface area contributed by atoms with E-state index in [9.17, 15) is 9.59 Å². The number of amides is 1. The summed E-state index contributed by atoms with van der Waals surface area (Å²) < 4.78 is 4.68. The molecule has 25 heavy (non-hydrogen) atoms. The van der Waals surface area contributed by atoms with Gasteiger partial charge in [-0.2, -0.15) is 0 Å². The molecule has 3 heterocycles. The lowest BCUT2D eigenvalue weighted by atomic mass is 10.2. The van der Waals surface area contributed by atoms with Gasteiger partial charge in [-0.15, -0.1) is 5.10 Å². The summed E-state index contributed by atoms with van der Waals surface area (Å²) in [5.74, 6) is -0.292. The number of rotatable bonds is 4. The monoisotopic (exact) mass is 335 g/mol. The topological polar surface area (TPSA) is 73.3 Å². The molecule has 4 aromatic rings. The van der Waals surface area contributed by atoms with E-state index in [2.05, 4.69) is 21.9 Å². The summed E-state index contributed by atoms with van der Waals surface area (Å²) in [5.41, 5.74) is 1.94. The van der Waals surface area contributed by atoms with Gasteiger partial charge in [0.1, 0.15) is 6.54 Å². The molecule has 0 fully saturated rings. The van der Waals surface area contributed by atoms with Gasteiger partial charge in [0.05, 0.1) is 5.52 Å². The molecule has 3 aromatic heterocycles. The number of carbonyl (C=O) groups excluding carboxylic acids is 1. The molecule has 7 nitrogen and oxygen atoms in total. The Bertz CT molecular complexity index is 1140. The average molecular weight is 335 g/mol. The maximum atomic E-state index is 12.3. The highest BCUT2D eigenvalue weighted by molar-refractivity contribution is 5.93. The molecule has 0 unspecified atom stereocenters. The number of hydrogen-bond acceptors (Lipinski definition) is 3. The molecular weight excluding hydrogens is 318 g/mol. The number of fused-ring (bicyclic) bond motifs is 2. The molecule has 0 saturated heterocycles. The first kappa shape index (κ1) is 15.2. The van der Waals surface area contributed by atoms with Crippen LogP contribution >= 0.6 is 0 Å². The number of nitrogens with one attached hydrogen (secondary N) is 1. The number of carbonyl (C=O) groups is 1. The molecular formula is C18H17N5O2. The third kappa shape index (κ3) is 2.69. The van der Waals surface area contributed by atoms with Crippen LogP contribution in [0, 0.1) is 0 Å². The summed E-state index contributed by atoms with van der Waals surface area (Å²) in [6.07, 6.45) is 3.65. The average Bonchev–Trinajstić information content (AvgIpc) is 3.16. The lowest BCUT2D eigenvalue weighted by Gasteiger charge is -2.07. The quantitative estimate of drug-likeness (QED) is 0.621. The normalized spacial score (nSPS) is 11.2. The van der Waals surface area contributed by atoms with E-state index in [1.165, 1.54) is 4.40 Å². The van der Waals surface area contributed by atoms with Crippen molar-refractivity contribution < 1.29 is 4.79 Å². The van der Waals surface area contributed by atoms with E-state index in [1.807, 2.05) is 30.5 Å². The second-order valence-corrected chi connectivity index (χ2v) is 5.79. The molecule has 0 aliphatic carbocycles. The first-order valence-corrected chi connectivity index (χ1v) is 8.08. The molecule has 0 radical (unpaired) electrons. The smallest absolute Gasteiger partial charge is 0.348 e. The van der Waals surface area contributed by atoms with Gasteiger partial charge in [-0.05, 0) is 42.6 Å². The highest BCUT2D eigenvalue weighted by Gasteiger charge is 2.11. The van der Waals surface area contributed by atoms with Crippen LogP contribution < -0.4 is 11.0 Å². The largest absolute Gasteiger partial charge is 0.350 e. The third-order valence-electron chi connectivity index (χ3n) is 4.18. The maximum Gasteiger partial charge on any atom is 0.350 e. The number of nitrogens with zero attached hydrogens (tertiary/aromatic N) is 4. The predicted octanol–water partition coefficient (Wildman–Crippen LogP) is 2.11. The zero-order valence-electron chi connectivity index (χ0n) is 13.7. The summed E-state index contributed by atoms with van der Waals surface area (Å²) in [4.78, 5) is 24.5. The Kier molecular flexibility index (Phi) is 3.61. The summed E-state index contributed by atoms with van der Waals surface area (Å²) in [6.45, 7) is 2.80. The number of hydrogen-bond donors (Lipinski definition) is 1. The van der Waals surface area contributed by atoms with Crippen molar-refractivity contribution in [3.05, 3.63) is 65.3 Å². The first-order chi connectivity index (χ1) is 12.2. The van der Waals surface area contributed by atoms with Crippen LogP contribution in [0.4, 0.5) is 5.69 Å². The van der Waals surface area contributed by atoms with Crippen LogP contribution in [0.5, 0.6) is 0 Å². The highest BCUT2D eigenvalue weighted by atomic mass is 16.2. The molecule has 1 amide bonds. The van der Waals surface area contributed by atoms with Gasteiger partial charge < -0.3 is 9.88 Å². The van der Waals surface area contributed by atoms with Gasteiger partial charge in [-0.25, -0.2) is 9.48 Å². The SMILES string of the molecule is CCn1ccc2ccc(NC(=O)Cn3nc4ccccn4c3=O)cc21. The summed E-state index contributed by atoms with van der Waals surface area (Å²) in [6, 6.07) is 13.1.